The molecule has 1 rings (SSSR count). The number of nitrogens with one attached hydrogen (secondary N) is 1. The van der Waals surface area contributed by atoms with E-state index in [1.807, 2.05) is 19.2 Å². The molecule has 1 aromatic carbocycles. The van der Waals surface area contributed by atoms with Crippen LogP contribution in [0.15, 0.2) is 22.7 Å². The molecule has 0 radical (unpaired) electrons. The lowest BCUT2D eigenvalue weighted by molar-refractivity contribution is 0.0810. The molecule has 0 aliphatic heterocycles. The number of rotatable bonds is 7. The fraction of sp³-hybridized carbons (Fsp3) is 0.571. The van der Waals surface area contributed by atoms with Gasteiger partial charge in [-0.3, -0.25) is 0 Å². The van der Waals surface area contributed by atoms with Crippen LogP contribution < -0.4 is 10.1 Å². The molecule has 0 amide bonds. The quantitative estimate of drug-likeness (QED) is 0.838. The molecule has 1 N–H and O–H groups in total. The Morgan fingerprint density at radius 2 is 2.06 bits per heavy atom. The average Bonchev–Trinajstić information content (AvgIpc) is 2.32. The number of methoxy groups -OCH3 is 1. The zero-order chi connectivity index (χ0) is 13.5. The van der Waals surface area contributed by atoms with Crippen molar-refractivity contribution in [1.29, 1.82) is 0 Å². The van der Waals surface area contributed by atoms with Gasteiger partial charge in [0.1, 0.15) is 11.9 Å². The Balaban J connectivity index is 2.87. The first kappa shape index (κ1) is 15.5. The van der Waals surface area contributed by atoms with Crippen LogP contribution in [0.4, 0.5) is 0 Å². The van der Waals surface area contributed by atoms with Crippen LogP contribution in [-0.4, -0.2) is 33.4 Å². The number of hydrogen-bond donors (Lipinski definition) is 1. The van der Waals surface area contributed by atoms with E-state index < -0.39 is 0 Å². The Bertz CT molecular complexity index is 363. The first-order valence-corrected chi connectivity index (χ1v) is 6.97. The van der Waals surface area contributed by atoms with Crippen LogP contribution in [0, 0.1) is 0 Å². The van der Waals surface area contributed by atoms with Crippen molar-refractivity contribution in [2.45, 2.75) is 25.9 Å². The van der Waals surface area contributed by atoms with Crippen LogP contribution >= 0.6 is 15.9 Å². The van der Waals surface area contributed by atoms with Crippen LogP contribution in [0.5, 0.6) is 5.75 Å². The summed E-state index contributed by atoms with van der Waals surface area (Å²) in [5, 5.41) is 3.12. The maximum absolute atomic E-state index is 6.03. The standard InChI is InChI=1S/C14H22BrNO2/c1-10(2)13-7-11(15)5-6-14(13)18-12(8-16-3)9-17-4/h5-7,10,12,16H,8-9H2,1-4H3. The number of benzene rings is 1. The molecule has 3 nitrogen and oxygen atoms in total. The van der Waals surface area contributed by atoms with E-state index in [9.17, 15) is 0 Å². The van der Waals surface area contributed by atoms with Gasteiger partial charge in [0.2, 0.25) is 0 Å². The third-order valence-electron chi connectivity index (χ3n) is 2.67. The molecule has 0 aromatic heterocycles. The van der Waals surface area contributed by atoms with E-state index in [1.165, 1.54) is 5.56 Å². The number of ether oxygens (including phenoxy) is 2. The number of likely N-dealkylation sites (N-methyl/N-ethyl adjacent to an activating group) is 1. The van der Waals surface area contributed by atoms with Gasteiger partial charge in [0.25, 0.3) is 0 Å². The molecule has 1 unspecified atom stereocenters. The maximum atomic E-state index is 6.03. The van der Waals surface area contributed by atoms with E-state index in [4.69, 9.17) is 9.47 Å². The third kappa shape index (κ3) is 4.59. The molecule has 0 heterocycles. The average molecular weight is 316 g/mol. The Kier molecular flexibility index (Phi) is 6.68. The summed E-state index contributed by atoms with van der Waals surface area (Å²) in [6.07, 6.45) is 0.0266. The highest BCUT2D eigenvalue weighted by atomic mass is 79.9. The van der Waals surface area contributed by atoms with Gasteiger partial charge in [-0.05, 0) is 36.7 Å². The van der Waals surface area contributed by atoms with E-state index in [1.54, 1.807) is 7.11 Å². The highest BCUT2D eigenvalue weighted by Crippen LogP contribution is 2.30. The number of halogens is 1. The third-order valence-corrected chi connectivity index (χ3v) is 3.17. The highest BCUT2D eigenvalue weighted by Gasteiger charge is 2.14. The Labute approximate surface area is 118 Å². The van der Waals surface area contributed by atoms with Crippen LogP contribution in [0.3, 0.4) is 0 Å². The van der Waals surface area contributed by atoms with E-state index in [2.05, 4.69) is 41.2 Å². The molecule has 0 spiro atoms. The van der Waals surface area contributed by atoms with Gasteiger partial charge in [0.15, 0.2) is 0 Å². The first-order chi connectivity index (χ1) is 8.58. The van der Waals surface area contributed by atoms with E-state index in [0.29, 0.717) is 12.5 Å². The minimum absolute atomic E-state index is 0.0266. The van der Waals surface area contributed by atoms with Crippen molar-refractivity contribution in [3.63, 3.8) is 0 Å². The predicted molar refractivity (Wildman–Crippen MR) is 78.4 cm³/mol. The van der Waals surface area contributed by atoms with Gasteiger partial charge in [0, 0.05) is 18.1 Å². The molecule has 1 atom stereocenters. The highest BCUT2D eigenvalue weighted by molar-refractivity contribution is 9.10. The summed E-state index contributed by atoms with van der Waals surface area (Å²) in [7, 11) is 3.61. The molecule has 1 aromatic rings. The van der Waals surface area contributed by atoms with Crippen LogP contribution in [-0.2, 0) is 4.74 Å². The Morgan fingerprint density at radius 1 is 1.33 bits per heavy atom. The lowest BCUT2D eigenvalue weighted by Gasteiger charge is -2.21. The molecular formula is C14H22BrNO2. The minimum Gasteiger partial charge on any atom is -0.486 e. The lowest BCUT2D eigenvalue weighted by Crippen LogP contribution is -2.33. The first-order valence-electron chi connectivity index (χ1n) is 6.18. The topological polar surface area (TPSA) is 30.5 Å². The van der Waals surface area contributed by atoms with Crippen LogP contribution in [0.2, 0.25) is 0 Å². The summed E-state index contributed by atoms with van der Waals surface area (Å²) in [4.78, 5) is 0. The predicted octanol–water partition coefficient (Wildman–Crippen LogP) is 3.19. The fourth-order valence-electron chi connectivity index (χ4n) is 1.81. The summed E-state index contributed by atoms with van der Waals surface area (Å²) >= 11 is 3.50. The van der Waals surface area contributed by atoms with Crippen molar-refractivity contribution in [1.82, 2.24) is 5.32 Å². The summed E-state index contributed by atoms with van der Waals surface area (Å²) in [5.41, 5.74) is 1.21. The fourth-order valence-corrected chi connectivity index (χ4v) is 2.18. The zero-order valence-corrected chi connectivity index (χ0v) is 13.1. The van der Waals surface area contributed by atoms with Gasteiger partial charge in [-0.2, -0.15) is 0 Å². The SMILES string of the molecule is CNCC(COC)Oc1ccc(Br)cc1C(C)C. The van der Waals surface area contributed by atoms with Crippen LogP contribution in [0.1, 0.15) is 25.3 Å². The van der Waals surface area contributed by atoms with Crippen LogP contribution in [0.25, 0.3) is 0 Å². The van der Waals surface area contributed by atoms with Gasteiger partial charge in [-0.25, -0.2) is 0 Å². The van der Waals surface area contributed by atoms with Gasteiger partial charge >= 0.3 is 0 Å². The molecule has 0 saturated carbocycles. The van der Waals surface area contributed by atoms with E-state index in [-0.39, 0.29) is 6.10 Å². The van der Waals surface area contributed by atoms with Crippen molar-refractivity contribution in [3.05, 3.63) is 28.2 Å². The van der Waals surface area contributed by atoms with Gasteiger partial charge in [-0.15, -0.1) is 0 Å². The molecule has 0 saturated heterocycles. The molecule has 0 fully saturated rings. The smallest absolute Gasteiger partial charge is 0.134 e. The van der Waals surface area contributed by atoms with Gasteiger partial charge in [-0.1, -0.05) is 29.8 Å². The monoisotopic (exact) mass is 315 g/mol. The van der Waals surface area contributed by atoms with Crippen molar-refractivity contribution < 1.29 is 9.47 Å². The largest absolute Gasteiger partial charge is 0.486 e. The minimum atomic E-state index is 0.0266. The molecule has 0 aliphatic carbocycles. The second-order valence-electron chi connectivity index (χ2n) is 4.59. The van der Waals surface area contributed by atoms with Crippen molar-refractivity contribution in [2.75, 3.05) is 27.3 Å². The molecule has 102 valence electrons. The Morgan fingerprint density at radius 3 is 2.61 bits per heavy atom. The second-order valence-corrected chi connectivity index (χ2v) is 5.51. The summed E-state index contributed by atoms with van der Waals surface area (Å²) in [6.45, 7) is 5.67. The van der Waals surface area contributed by atoms with E-state index in [0.717, 1.165) is 16.8 Å². The van der Waals surface area contributed by atoms with Gasteiger partial charge < -0.3 is 14.8 Å². The Hall–Kier alpha value is -0.580. The molecule has 4 heteroatoms. The zero-order valence-electron chi connectivity index (χ0n) is 11.5. The van der Waals surface area contributed by atoms with Gasteiger partial charge in [0.05, 0.1) is 6.61 Å². The number of hydrogen-bond acceptors (Lipinski definition) is 3. The molecular weight excluding hydrogens is 294 g/mol. The maximum Gasteiger partial charge on any atom is 0.134 e. The molecule has 18 heavy (non-hydrogen) atoms. The van der Waals surface area contributed by atoms with Crippen molar-refractivity contribution in [3.8, 4) is 5.75 Å². The summed E-state index contributed by atoms with van der Waals surface area (Å²) in [5.74, 6) is 1.36. The molecule has 0 bridgehead atoms. The summed E-state index contributed by atoms with van der Waals surface area (Å²) in [6, 6.07) is 6.13. The normalized spacial score (nSPS) is 12.8. The molecule has 0 aliphatic rings. The second kappa shape index (κ2) is 7.77. The summed E-state index contributed by atoms with van der Waals surface area (Å²) < 4.78 is 12.3. The van der Waals surface area contributed by atoms with Crippen molar-refractivity contribution in [2.24, 2.45) is 0 Å². The lowest BCUT2D eigenvalue weighted by atomic mass is 10.0. The van der Waals surface area contributed by atoms with E-state index >= 15 is 0 Å². The van der Waals surface area contributed by atoms with Crippen molar-refractivity contribution >= 4 is 15.9 Å².